The van der Waals surface area contributed by atoms with Crippen LogP contribution in [0.5, 0.6) is 0 Å². The molecule has 1 atom stereocenters. The Kier molecular flexibility index (Phi) is 5.21. The Morgan fingerprint density at radius 2 is 1.79 bits per heavy atom. The molecule has 1 aliphatic rings. The van der Waals surface area contributed by atoms with Crippen LogP contribution in [0.15, 0.2) is 82.1 Å². The van der Waals surface area contributed by atoms with E-state index in [2.05, 4.69) is 10.4 Å². The Labute approximate surface area is 173 Å². The lowest BCUT2D eigenvalue weighted by Crippen LogP contribution is -2.26. The van der Waals surface area contributed by atoms with Gasteiger partial charge in [0.2, 0.25) is 5.91 Å². The Morgan fingerprint density at radius 3 is 2.41 bits per heavy atom. The zero-order valence-electron chi connectivity index (χ0n) is 15.6. The molecule has 1 aliphatic heterocycles. The van der Waals surface area contributed by atoms with Crippen LogP contribution in [0, 0.1) is 0 Å². The molecule has 29 heavy (non-hydrogen) atoms. The maximum absolute atomic E-state index is 13.3. The van der Waals surface area contributed by atoms with E-state index in [-0.39, 0.29) is 16.8 Å². The average Bonchev–Trinajstić information content (AvgIpc) is 3.39. The molecular formula is C21H19N3O3S2. The molecule has 8 heteroatoms. The molecule has 4 rings (SSSR count). The summed E-state index contributed by atoms with van der Waals surface area (Å²) in [5, 5.41) is 9.17. The molecule has 0 spiro atoms. The fourth-order valence-electron chi connectivity index (χ4n) is 3.23. The third kappa shape index (κ3) is 3.94. The lowest BCUT2D eigenvalue weighted by atomic mass is 10.0. The van der Waals surface area contributed by atoms with Crippen LogP contribution in [0.4, 0.5) is 5.69 Å². The van der Waals surface area contributed by atoms with E-state index in [1.807, 2.05) is 29.6 Å². The molecule has 1 N–H and O–H groups in total. The predicted octanol–water partition coefficient (Wildman–Crippen LogP) is 4.25. The number of hydrogen-bond donors (Lipinski definition) is 1. The second-order valence-corrected chi connectivity index (χ2v) is 9.41. The molecule has 2 heterocycles. The minimum atomic E-state index is -3.78. The van der Waals surface area contributed by atoms with E-state index < -0.39 is 10.0 Å². The summed E-state index contributed by atoms with van der Waals surface area (Å²) in [4.78, 5) is 12.4. The van der Waals surface area contributed by atoms with Crippen molar-refractivity contribution in [3.05, 3.63) is 82.6 Å². The van der Waals surface area contributed by atoms with Crippen LogP contribution >= 0.6 is 11.3 Å². The maximum Gasteiger partial charge on any atom is 0.279 e. The van der Waals surface area contributed by atoms with Gasteiger partial charge in [0.25, 0.3) is 10.0 Å². The van der Waals surface area contributed by atoms with Crippen LogP contribution in [0.3, 0.4) is 0 Å². The van der Waals surface area contributed by atoms with Crippen LogP contribution in [0.1, 0.15) is 29.8 Å². The van der Waals surface area contributed by atoms with E-state index in [0.29, 0.717) is 17.8 Å². The third-order valence-electron chi connectivity index (χ3n) is 4.57. The highest BCUT2D eigenvalue weighted by Gasteiger charge is 2.38. The Morgan fingerprint density at radius 1 is 1.07 bits per heavy atom. The molecule has 0 fully saturated rings. The molecule has 1 unspecified atom stereocenters. The molecule has 0 saturated heterocycles. The number of thiophene rings is 1. The van der Waals surface area contributed by atoms with Crippen LogP contribution in [0.25, 0.3) is 0 Å². The number of carbonyl (C=O) groups excluding carboxylic acids is 1. The Bertz CT molecular complexity index is 1140. The number of benzene rings is 2. The summed E-state index contributed by atoms with van der Waals surface area (Å²) in [7, 11) is -3.78. The van der Waals surface area contributed by atoms with Gasteiger partial charge in [0.05, 0.1) is 10.6 Å². The second-order valence-electron chi connectivity index (χ2n) is 6.63. The van der Waals surface area contributed by atoms with Crippen molar-refractivity contribution in [3.63, 3.8) is 0 Å². The molecule has 2 aromatic carbocycles. The fraction of sp³-hybridized carbons (Fsp3) is 0.143. The molecule has 0 bridgehead atoms. The predicted molar refractivity (Wildman–Crippen MR) is 114 cm³/mol. The molecule has 3 aromatic rings. The van der Waals surface area contributed by atoms with E-state index in [4.69, 9.17) is 0 Å². The molecule has 6 nitrogen and oxygen atoms in total. The number of sulfonamides is 1. The summed E-state index contributed by atoms with van der Waals surface area (Å²) in [6, 6.07) is 19.1. The van der Waals surface area contributed by atoms with Crippen molar-refractivity contribution < 1.29 is 13.2 Å². The van der Waals surface area contributed by atoms with Gasteiger partial charge < -0.3 is 5.32 Å². The van der Waals surface area contributed by atoms with E-state index in [1.54, 1.807) is 42.5 Å². The summed E-state index contributed by atoms with van der Waals surface area (Å²) in [6.07, 6.45) is 0.478. The number of nitrogens with one attached hydrogen (secondary N) is 1. The summed E-state index contributed by atoms with van der Waals surface area (Å²) in [5.74, 6) is -0.145. The van der Waals surface area contributed by atoms with E-state index >= 15 is 0 Å². The minimum Gasteiger partial charge on any atom is -0.326 e. The normalized spacial score (nSPS) is 16.5. The van der Waals surface area contributed by atoms with Gasteiger partial charge in [-0.1, -0.05) is 36.4 Å². The van der Waals surface area contributed by atoms with Crippen LogP contribution in [-0.2, 0) is 14.8 Å². The van der Waals surface area contributed by atoms with Gasteiger partial charge in [0, 0.05) is 23.9 Å². The minimum absolute atomic E-state index is 0.145. The van der Waals surface area contributed by atoms with Crippen molar-refractivity contribution in [2.75, 3.05) is 5.32 Å². The first-order chi connectivity index (χ1) is 13.9. The Hall–Kier alpha value is -2.97. The number of nitrogens with zero attached hydrogens (tertiary/aromatic N) is 2. The SMILES string of the molecule is CC(=O)Nc1ccc(C2=NN(S(=O)(=O)c3ccccc3)C(c3cccs3)C2)cc1. The fourth-order valence-corrected chi connectivity index (χ4v) is 5.55. The zero-order chi connectivity index (χ0) is 20.4. The van der Waals surface area contributed by atoms with Gasteiger partial charge in [0.1, 0.15) is 6.04 Å². The van der Waals surface area contributed by atoms with Crippen molar-refractivity contribution in [1.82, 2.24) is 4.41 Å². The quantitative estimate of drug-likeness (QED) is 0.664. The molecular weight excluding hydrogens is 406 g/mol. The molecule has 1 amide bonds. The smallest absolute Gasteiger partial charge is 0.279 e. The first-order valence-electron chi connectivity index (χ1n) is 9.03. The van der Waals surface area contributed by atoms with Crippen molar-refractivity contribution in [2.45, 2.75) is 24.3 Å². The van der Waals surface area contributed by atoms with Crippen molar-refractivity contribution in [3.8, 4) is 0 Å². The molecule has 148 valence electrons. The van der Waals surface area contributed by atoms with Crippen molar-refractivity contribution in [1.29, 1.82) is 0 Å². The summed E-state index contributed by atoms with van der Waals surface area (Å²) < 4.78 is 27.8. The van der Waals surface area contributed by atoms with Gasteiger partial charge in [0.15, 0.2) is 0 Å². The van der Waals surface area contributed by atoms with E-state index in [1.165, 1.54) is 22.7 Å². The van der Waals surface area contributed by atoms with Crippen molar-refractivity contribution >= 4 is 38.7 Å². The summed E-state index contributed by atoms with van der Waals surface area (Å²) in [5.41, 5.74) is 2.20. The lowest BCUT2D eigenvalue weighted by molar-refractivity contribution is -0.114. The van der Waals surface area contributed by atoms with Crippen LogP contribution < -0.4 is 5.32 Å². The third-order valence-corrected chi connectivity index (χ3v) is 7.24. The van der Waals surface area contributed by atoms with Gasteiger partial charge in [-0.15, -0.1) is 11.3 Å². The van der Waals surface area contributed by atoms with Gasteiger partial charge in [-0.05, 0) is 41.3 Å². The summed E-state index contributed by atoms with van der Waals surface area (Å²) in [6.45, 7) is 1.45. The number of hydrogen-bond acceptors (Lipinski definition) is 5. The van der Waals surface area contributed by atoms with Crippen LogP contribution in [0.2, 0.25) is 0 Å². The first-order valence-corrected chi connectivity index (χ1v) is 11.4. The number of rotatable bonds is 5. The van der Waals surface area contributed by atoms with Crippen molar-refractivity contribution in [2.24, 2.45) is 5.10 Å². The second kappa shape index (κ2) is 7.81. The van der Waals surface area contributed by atoms with Gasteiger partial charge in [-0.3, -0.25) is 4.79 Å². The van der Waals surface area contributed by atoms with Gasteiger partial charge in [-0.25, -0.2) is 0 Å². The highest BCUT2D eigenvalue weighted by atomic mass is 32.2. The van der Waals surface area contributed by atoms with Gasteiger partial charge >= 0.3 is 0 Å². The lowest BCUT2D eigenvalue weighted by Gasteiger charge is -2.22. The number of hydrazone groups is 1. The highest BCUT2D eigenvalue weighted by Crippen LogP contribution is 2.38. The highest BCUT2D eigenvalue weighted by molar-refractivity contribution is 7.89. The average molecular weight is 426 g/mol. The molecule has 0 aliphatic carbocycles. The Balaban J connectivity index is 1.71. The maximum atomic E-state index is 13.3. The summed E-state index contributed by atoms with van der Waals surface area (Å²) >= 11 is 1.51. The molecule has 0 saturated carbocycles. The largest absolute Gasteiger partial charge is 0.326 e. The van der Waals surface area contributed by atoms with Crippen LogP contribution in [-0.4, -0.2) is 24.5 Å². The van der Waals surface area contributed by atoms with E-state index in [0.717, 1.165) is 10.4 Å². The number of carbonyl (C=O) groups is 1. The molecule has 1 aromatic heterocycles. The topological polar surface area (TPSA) is 78.8 Å². The number of amides is 1. The zero-order valence-corrected chi connectivity index (χ0v) is 17.3. The first kappa shape index (κ1) is 19.4. The monoisotopic (exact) mass is 425 g/mol. The number of anilines is 1. The van der Waals surface area contributed by atoms with E-state index in [9.17, 15) is 13.2 Å². The molecule has 0 radical (unpaired) electrons. The van der Waals surface area contributed by atoms with Gasteiger partial charge in [-0.2, -0.15) is 17.9 Å². The standard InChI is InChI=1S/C21H19N3O3S2/c1-15(25)22-17-11-9-16(10-12-17)19-14-20(21-8-5-13-28-21)24(23-19)29(26,27)18-6-3-2-4-7-18/h2-13,20H,14H2,1H3,(H,22,25).